The molecule has 0 fully saturated rings. The first kappa shape index (κ1) is 17.6. The van der Waals surface area contributed by atoms with Crippen LogP contribution in [0.1, 0.15) is 24.3 Å². The fourth-order valence-corrected chi connectivity index (χ4v) is 4.25. The van der Waals surface area contributed by atoms with Crippen molar-refractivity contribution in [2.24, 2.45) is 5.92 Å². The summed E-state index contributed by atoms with van der Waals surface area (Å²) in [6.07, 6.45) is 0. The van der Waals surface area contributed by atoms with E-state index in [0.717, 1.165) is 10.4 Å². The van der Waals surface area contributed by atoms with E-state index < -0.39 is 10.0 Å². The van der Waals surface area contributed by atoms with Crippen LogP contribution in [0.4, 0.5) is 0 Å². The molecule has 0 amide bonds. The van der Waals surface area contributed by atoms with Gasteiger partial charge >= 0.3 is 0 Å². The molecule has 0 atom stereocenters. The highest BCUT2D eigenvalue weighted by atomic mass is 32.2. The Balaban J connectivity index is 2.54. The van der Waals surface area contributed by atoms with Gasteiger partial charge in [-0.2, -0.15) is 0 Å². The Hall–Kier alpha value is -0.470. The lowest BCUT2D eigenvalue weighted by Crippen LogP contribution is -2.27. The van der Waals surface area contributed by atoms with Crippen molar-refractivity contribution in [3.8, 4) is 0 Å². The van der Waals surface area contributed by atoms with Crippen LogP contribution in [0, 0.1) is 12.8 Å². The van der Waals surface area contributed by atoms with Crippen LogP contribution in [-0.2, 0) is 21.3 Å². The molecule has 0 saturated heterocycles. The van der Waals surface area contributed by atoms with Crippen LogP contribution in [0.5, 0.6) is 0 Å². The van der Waals surface area contributed by atoms with Gasteiger partial charge in [0.05, 0.1) is 6.61 Å². The van der Waals surface area contributed by atoms with Gasteiger partial charge in [-0.05, 0) is 31.5 Å². The number of hydrogen-bond donors (Lipinski definition) is 2. The molecule has 0 unspecified atom stereocenters. The van der Waals surface area contributed by atoms with Crippen molar-refractivity contribution in [3.63, 3.8) is 0 Å². The van der Waals surface area contributed by atoms with Gasteiger partial charge in [0.25, 0.3) is 0 Å². The highest BCUT2D eigenvalue weighted by molar-refractivity contribution is 7.91. The molecule has 0 aliphatic carbocycles. The van der Waals surface area contributed by atoms with Gasteiger partial charge in [0.1, 0.15) is 4.21 Å². The van der Waals surface area contributed by atoms with Crippen molar-refractivity contribution in [2.45, 2.75) is 31.5 Å². The van der Waals surface area contributed by atoms with Gasteiger partial charge in [0.2, 0.25) is 10.0 Å². The molecule has 0 bridgehead atoms. The van der Waals surface area contributed by atoms with E-state index in [1.54, 1.807) is 6.07 Å². The summed E-state index contributed by atoms with van der Waals surface area (Å²) in [5, 5.41) is 3.04. The van der Waals surface area contributed by atoms with Crippen LogP contribution < -0.4 is 10.0 Å². The summed E-state index contributed by atoms with van der Waals surface area (Å²) < 4.78 is 32.5. The van der Waals surface area contributed by atoms with Crippen LogP contribution in [0.2, 0.25) is 0 Å². The van der Waals surface area contributed by atoms with E-state index >= 15 is 0 Å². The summed E-state index contributed by atoms with van der Waals surface area (Å²) >= 11 is 1.31. The number of ether oxygens (including phenoxy) is 1. The SMILES string of the molecule is CNCc1sc(S(=O)(=O)NCCOCC(C)C)cc1C. The zero-order valence-electron chi connectivity index (χ0n) is 12.5. The quantitative estimate of drug-likeness (QED) is 0.680. The van der Waals surface area contributed by atoms with Gasteiger partial charge in [0.15, 0.2) is 0 Å². The van der Waals surface area contributed by atoms with Crippen LogP contribution in [0.25, 0.3) is 0 Å². The number of nitrogens with one attached hydrogen (secondary N) is 2. The molecule has 0 aliphatic heterocycles. The molecule has 2 N–H and O–H groups in total. The van der Waals surface area contributed by atoms with Gasteiger partial charge in [-0.25, -0.2) is 13.1 Å². The van der Waals surface area contributed by atoms with Crippen molar-refractivity contribution >= 4 is 21.4 Å². The third kappa shape index (κ3) is 5.49. The summed E-state index contributed by atoms with van der Waals surface area (Å²) in [6, 6.07) is 1.72. The molecule has 0 saturated carbocycles. The number of thiophene rings is 1. The predicted molar refractivity (Wildman–Crippen MR) is 82.7 cm³/mol. The van der Waals surface area contributed by atoms with Crippen molar-refractivity contribution in [1.82, 2.24) is 10.0 Å². The maximum absolute atomic E-state index is 12.1. The molecule has 5 nitrogen and oxygen atoms in total. The minimum atomic E-state index is -3.42. The molecule has 0 spiro atoms. The molecule has 1 heterocycles. The molecule has 0 radical (unpaired) electrons. The van der Waals surface area contributed by atoms with Crippen molar-refractivity contribution < 1.29 is 13.2 Å². The van der Waals surface area contributed by atoms with Crippen LogP contribution in [0.3, 0.4) is 0 Å². The Kier molecular flexibility index (Phi) is 7.11. The Morgan fingerprint density at radius 1 is 1.40 bits per heavy atom. The van der Waals surface area contributed by atoms with Crippen molar-refractivity contribution in [2.75, 3.05) is 26.8 Å². The molecule has 1 rings (SSSR count). The zero-order chi connectivity index (χ0) is 15.2. The van der Waals surface area contributed by atoms with Crippen LogP contribution >= 0.6 is 11.3 Å². The monoisotopic (exact) mass is 320 g/mol. The third-order valence-electron chi connectivity index (χ3n) is 2.59. The number of sulfonamides is 1. The van der Waals surface area contributed by atoms with E-state index in [0.29, 0.717) is 36.4 Å². The lowest BCUT2D eigenvalue weighted by atomic mass is 10.2. The number of rotatable bonds is 9. The summed E-state index contributed by atoms with van der Waals surface area (Å²) in [4.78, 5) is 1.05. The highest BCUT2D eigenvalue weighted by Crippen LogP contribution is 2.25. The Morgan fingerprint density at radius 3 is 2.70 bits per heavy atom. The molecule has 116 valence electrons. The average Bonchev–Trinajstić information content (AvgIpc) is 2.71. The van der Waals surface area contributed by atoms with E-state index in [9.17, 15) is 8.42 Å². The van der Waals surface area contributed by atoms with Crippen molar-refractivity contribution in [3.05, 3.63) is 16.5 Å². The number of aryl methyl sites for hydroxylation is 1. The minimum absolute atomic E-state index is 0.299. The Morgan fingerprint density at radius 2 is 2.10 bits per heavy atom. The molecular weight excluding hydrogens is 296 g/mol. The molecule has 1 aromatic rings. The van der Waals surface area contributed by atoms with E-state index in [1.807, 2.05) is 14.0 Å². The maximum Gasteiger partial charge on any atom is 0.250 e. The van der Waals surface area contributed by atoms with Gasteiger partial charge in [0, 0.05) is 24.6 Å². The summed E-state index contributed by atoms with van der Waals surface area (Å²) in [7, 11) is -1.58. The van der Waals surface area contributed by atoms with Gasteiger partial charge < -0.3 is 10.1 Å². The third-order valence-corrected chi connectivity index (χ3v) is 5.76. The second-order valence-corrected chi connectivity index (χ2v) is 8.20. The van der Waals surface area contributed by atoms with Gasteiger partial charge in [-0.3, -0.25) is 0 Å². The first-order chi connectivity index (χ1) is 9.36. The lowest BCUT2D eigenvalue weighted by Gasteiger charge is -2.07. The lowest BCUT2D eigenvalue weighted by molar-refractivity contribution is 0.114. The van der Waals surface area contributed by atoms with E-state index in [4.69, 9.17) is 4.74 Å². The summed E-state index contributed by atoms with van der Waals surface area (Å²) in [5.41, 5.74) is 1.00. The molecule has 7 heteroatoms. The second-order valence-electron chi connectivity index (χ2n) is 5.07. The van der Waals surface area contributed by atoms with Gasteiger partial charge in [-0.15, -0.1) is 11.3 Å². The molecule has 20 heavy (non-hydrogen) atoms. The number of hydrogen-bond acceptors (Lipinski definition) is 5. The van der Waals surface area contributed by atoms with E-state index in [2.05, 4.69) is 23.9 Å². The molecular formula is C13H24N2O3S2. The first-order valence-electron chi connectivity index (χ1n) is 6.68. The maximum atomic E-state index is 12.1. The topological polar surface area (TPSA) is 67.4 Å². The molecule has 0 aromatic carbocycles. The fourth-order valence-electron chi connectivity index (χ4n) is 1.60. The summed E-state index contributed by atoms with van der Waals surface area (Å²) in [5.74, 6) is 0.454. The van der Waals surface area contributed by atoms with Crippen LogP contribution in [0.15, 0.2) is 10.3 Å². The van der Waals surface area contributed by atoms with Gasteiger partial charge in [-0.1, -0.05) is 13.8 Å². The highest BCUT2D eigenvalue weighted by Gasteiger charge is 2.18. The van der Waals surface area contributed by atoms with E-state index in [-0.39, 0.29) is 0 Å². The fraction of sp³-hybridized carbons (Fsp3) is 0.692. The normalized spacial score (nSPS) is 12.2. The Labute approximate surface area is 125 Å². The molecule has 0 aliphatic rings. The molecule has 1 aromatic heterocycles. The second kappa shape index (κ2) is 8.09. The predicted octanol–water partition coefficient (Wildman–Crippen LogP) is 1.73. The van der Waals surface area contributed by atoms with Crippen LogP contribution in [-0.4, -0.2) is 35.2 Å². The Bertz CT molecular complexity index is 510. The van der Waals surface area contributed by atoms with Crippen molar-refractivity contribution in [1.29, 1.82) is 0 Å². The smallest absolute Gasteiger partial charge is 0.250 e. The van der Waals surface area contributed by atoms with E-state index in [1.165, 1.54) is 11.3 Å². The standard InChI is InChI=1S/C13H24N2O3S2/c1-10(2)9-18-6-5-15-20(16,17)13-7-11(3)12(19-13)8-14-4/h7,10,14-15H,5-6,8-9H2,1-4H3. The summed E-state index contributed by atoms with van der Waals surface area (Å²) in [6.45, 7) is 8.06. The minimum Gasteiger partial charge on any atom is -0.380 e. The largest absolute Gasteiger partial charge is 0.380 e. The first-order valence-corrected chi connectivity index (χ1v) is 8.98. The zero-order valence-corrected chi connectivity index (χ0v) is 14.2. The average molecular weight is 320 g/mol.